The smallest absolute Gasteiger partial charge is 0.349 e. The minimum atomic E-state index is -0.332. The SMILES string of the molecule is CCCc1nc(-c2ccccc2N)sc1C(=O)OC. The second-order valence-electron chi connectivity index (χ2n) is 4.12. The molecule has 0 aliphatic carbocycles. The van der Waals surface area contributed by atoms with Crippen molar-refractivity contribution in [3.63, 3.8) is 0 Å². The van der Waals surface area contributed by atoms with Gasteiger partial charge in [0, 0.05) is 11.3 Å². The molecule has 2 N–H and O–H groups in total. The number of thiazole rings is 1. The number of rotatable bonds is 4. The number of nitrogens with two attached hydrogens (primary N) is 1. The minimum absolute atomic E-state index is 0.332. The molecule has 0 saturated heterocycles. The topological polar surface area (TPSA) is 65.2 Å². The lowest BCUT2D eigenvalue weighted by atomic mass is 10.2. The fraction of sp³-hybridized carbons (Fsp3) is 0.286. The Hall–Kier alpha value is -1.88. The molecular weight excluding hydrogens is 260 g/mol. The standard InChI is InChI=1S/C14H16N2O2S/c1-3-6-11-12(14(17)18-2)19-13(16-11)9-7-4-5-8-10(9)15/h4-5,7-8H,3,6,15H2,1-2H3. The van der Waals surface area contributed by atoms with Crippen LogP contribution in [0.1, 0.15) is 28.7 Å². The average Bonchev–Trinajstić information content (AvgIpc) is 2.83. The summed E-state index contributed by atoms with van der Waals surface area (Å²) in [4.78, 5) is 16.9. The summed E-state index contributed by atoms with van der Waals surface area (Å²) in [7, 11) is 1.38. The summed E-state index contributed by atoms with van der Waals surface area (Å²) in [5, 5.41) is 0.766. The molecule has 1 heterocycles. The molecule has 4 nitrogen and oxygen atoms in total. The first kappa shape index (κ1) is 13.5. The Balaban J connectivity index is 2.48. The highest BCUT2D eigenvalue weighted by Crippen LogP contribution is 2.32. The largest absolute Gasteiger partial charge is 0.465 e. The van der Waals surface area contributed by atoms with Crippen LogP contribution in [0.15, 0.2) is 24.3 Å². The molecule has 1 aromatic carbocycles. The molecule has 2 rings (SSSR count). The van der Waals surface area contributed by atoms with Crippen LogP contribution in [0.3, 0.4) is 0 Å². The Kier molecular flexibility index (Phi) is 4.16. The number of aromatic nitrogens is 1. The van der Waals surface area contributed by atoms with Gasteiger partial charge in [-0.05, 0) is 18.6 Å². The van der Waals surface area contributed by atoms with E-state index >= 15 is 0 Å². The predicted octanol–water partition coefficient (Wildman–Crippen LogP) is 3.13. The van der Waals surface area contributed by atoms with Crippen molar-refractivity contribution in [3.05, 3.63) is 34.8 Å². The van der Waals surface area contributed by atoms with E-state index in [1.54, 1.807) is 0 Å². The molecule has 0 amide bonds. The zero-order chi connectivity index (χ0) is 13.8. The van der Waals surface area contributed by atoms with Crippen LogP contribution in [0.4, 0.5) is 5.69 Å². The zero-order valence-corrected chi connectivity index (χ0v) is 11.8. The average molecular weight is 276 g/mol. The number of hydrogen-bond donors (Lipinski definition) is 1. The van der Waals surface area contributed by atoms with Crippen LogP contribution in [0.2, 0.25) is 0 Å². The van der Waals surface area contributed by atoms with Crippen molar-refractivity contribution in [2.45, 2.75) is 19.8 Å². The van der Waals surface area contributed by atoms with Crippen molar-refractivity contribution in [2.24, 2.45) is 0 Å². The lowest BCUT2D eigenvalue weighted by Gasteiger charge is -1.99. The van der Waals surface area contributed by atoms with Gasteiger partial charge in [-0.2, -0.15) is 0 Å². The zero-order valence-electron chi connectivity index (χ0n) is 11.0. The molecular formula is C14H16N2O2S. The molecule has 0 spiro atoms. The first-order chi connectivity index (χ1) is 9.17. The highest BCUT2D eigenvalue weighted by Gasteiger charge is 2.19. The maximum atomic E-state index is 11.8. The fourth-order valence-corrected chi connectivity index (χ4v) is 2.89. The van der Waals surface area contributed by atoms with E-state index in [0.717, 1.165) is 29.1 Å². The summed E-state index contributed by atoms with van der Waals surface area (Å²) in [6.45, 7) is 2.05. The predicted molar refractivity (Wildman–Crippen MR) is 77.3 cm³/mol. The lowest BCUT2D eigenvalue weighted by molar-refractivity contribution is 0.0605. The number of anilines is 1. The number of carbonyl (C=O) groups excluding carboxylic acids is 1. The monoisotopic (exact) mass is 276 g/mol. The van der Waals surface area contributed by atoms with Crippen LogP contribution in [0.25, 0.3) is 10.6 Å². The van der Waals surface area contributed by atoms with E-state index in [1.807, 2.05) is 24.3 Å². The van der Waals surface area contributed by atoms with E-state index in [4.69, 9.17) is 10.5 Å². The number of carbonyl (C=O) groups is 1. The van der Waals surface area contributed by atoms with Crippen LogP contribution in [-0.2, 0) is 11.2 Å². The summed E-state index contributed by atoms with van der Waals surface area (Å²) in [5.74, 6) is -0.332. The number of methoxy groups -OCH3 is 1. The normalized spacial score (nSPS) is 10.4. The van der Waals surface area contributed by atoms with Crippen molar-refractivity contribution in [3.8, 4) is 10.6 Å². The molecule has 5 heteroatoms. The number of nitrogen functional groups attached to an aromatic ring is 1. The molecule has 0 saturated carbocycles. The summed E-state index contributed by atoms with van der Waals surface area (Å²) in [6.07, 6.45) is 1.69. The maximum Gasteiger partial charge on any atom is 0.349 e. The number of para-hydroxylation sites is 1. The number of ether oxygens (including phenoxy) is 1. The molecule has 100 valence electrons. The van der Waals surface area contributed by atoms with E-state index in [-0.39, 0.29) is 5.97 Å². The van der Waals surface area contributed by atoms with Gasteiger partial charge in [0.05, 0.1) is 12.8 Å². The fourth-order valence-electron chi connectivity index (χ4n) is 1.82. The van der Waals surface area contributed by atoms with Gasteiger partial charge < -0.3 is 10.5 Å². The Morgan fingerprint density at radius 1 is 1.42 bits per heavy atom. The van der Waals surface area contributed by atoms with Crippen molar-refractivity contribution >= 4 is 23.0 Å². The summed E-state index contributed by atoms with van der Waals surface area (Å²) in [5.41, 5.74) is 8.26. The van der Waals surface area contributed by atoms with Gasteiger partial charge in [0.15, 0.2) is 0 Å². The van der Waals surface area contributed by atoms with Crippen molar-refractivity contribution in [1.82, 2.24) is 4.98 Å². The Bertz CT molecular complexity index is 593. The van der Waals surface area contributed by atoms with Crippen molar-refractivity contribution in [2.75, 3.05) is 12.8 Å². The number of aryl methyl sites for hydroxylation is 1. The van der Waals surface area contributed by atoms with Gasteiger partial charge in [0.1, 0.15) is 9.88 Å². The summed E-state index contributed by atoms with van der Waals surface area (Å²) in [6, 6.07) is 7.52. The number of hydrogen-bond acceptors (Lipinski definition) is 5. The van der Waals surface area contributed by atoms with Crippen molar-refractivity contribution in [1.29, 1.82) is 0 Å². The minimum Gasteiger partial charge on any atom is -0.465 e. The third-order valence-electron chi connectivity index (χ3n) is 2.75. The molecule has 0 atom stereocenters. The van der Waals surface area contributed by atoms with Gasteiger partial charge >= 0.3 is 5.97 Å². The Morgan fingerprint density at radius 2 is 2.16 bits per heavy atom. The number of nitrogens with zero attached hydrogens (tertiary/aromatic N) is 1. The molecule has 0 bridgehead atoms. The van der Waals surface area contributed by atoms with Crippen LogP contribution in [0, 0.1) is 0 Å². The van der Waals surface area contributed by atoms with Crippen LogP contribution < -0.4 is 5.73 Å². The van der Waals surface area contributed by atoms with E-state index < -0.39 is 0 Å². The van der Waals surface area contributed by atoms with Gasteiger partial charge in [0.2, 0.25) is 0 Å². The van der Waals surface area contributed by atoms with Crippen LogP contribution >= 0.6 is 11.3 Å². The second-order valence-corrected chi connectivity index (χ2v) is 5.12. The number of benzene rings is 1. The molecule has 0 radical (unpaired) electrons. The van der Waals surface area contributed by atoms with Gasteiger partial charge in [0.25, 0.3) is 0 Å². The van der Waals surface area contributed by atoms with Crippen LogP contribution in [-0.4, -0.2) is 18.1 Å². The van der Waals surface area contributed by atoms with Gasteiger partial charge in [-0.3, -0.25) is 0 Å². The quantitative estimate of drug-likeness (QED) is 0.688. The lowest BCUT2D eigenvalue weighted by Crippen LogP contribution is -2.02. The third-order valence-corrected chi connectivity index (χ3v) is 3.86. The van der Waals surface area contributed by atoms with Gasteiger partial charge in [-0.15, -0.1) is 11.3 Å². The molecule has 0 aliphatic heterocycles. The third kappa shape index (κ3) is 2.76. The van der Waals surface area contributed by atoms with Crippen LogP contribution in [0.5, 0.6) is 0 Å². The Labute approximate surface area is 116 Å². The first-order valence-electron chi connectivity index (χ1n) is 6.10. The van der Waals surface area contributed by atoms with Crippen molar-refractivity contribution < 1.29 is 9.53 Å². The highest BCUT2D eigenvalue weighted by molar-refractivity contribution is 7.17. The van der Waals surface area contributed by atoms with Gasteiger partial charge in [-0.1, -0.05) is 25.5 Å². The summed E-state index contributed by atoms with van der Waals surface area (Å²) < 4.78 is 4.80. The van der Waals surface area contributed by atoms with E-state index in [0.29, 0.717) is 10.6 Å². The highest BCUT2D eigenvalue weighted by atomic mass is 32.1. The molecule has 0 aliphatic rings. The molecule has 1 aromatic heterocycles. The van der Waals surface area contributed by atoms with E-state index in [1.165, 1.54) is 18.4 Å². The second kappa shape index (κ2) is 5.84. The Morgan fingerprint density at radius 3 is 2.79 bits per heavy atom. The molecule has 0 fully saturated rings. The molecule has 2 aromatic rings. The van der Waals surface area contributed by atoms with E-state index in [2.05, 4.69) is 11.9 Å². The molecule has 19 heavy (non-hydrogen) atoms. The molecule has 0 unspecified atom stereocenters. The van der Waals surface area contributed by atoms with E-state index in [9.17, 15) is 4.79 Å². The van der Waals surface area contributed by atoms with Gasteiger partial charge in [-0.25, -0.2) is 9.78 Å². The number of esters is 1. The maximum absolute atomic E-state index is 11.8. The first-order valence-corrected chi connectivity index (χ1v) is 6.92. The summed E-state index contributed by atoms with van der Waals surface area (Å²) >= 11 is 1.33.